The second kappa shape index (κ2) is 6.97. The zero-order chi connectivity index (χ0) is 11.9. The number of nitrogens with zero attached hydrogens (tertiary/aromatic N) is 2. The first-order valence-electron chi connectivity index (χ1n) is 6.59. The molecule has 2 rings (SSSR count). The predicted octanol–water partition coefficient (Wildman–Crippen LogP) is 3.46. The molecule has 3 heteroatoms. The Bertz CT molecular complexity index is 309. The molecule has 0 aliphatic heterocycles. The minimum atomic E-state index is 0.719. The maximum Gasteiger partial charge on any atom is 0.0351 e. The fourth-order valence-electron chi connectivity index (χ4n) is 2.67. The highest BCUT2D eigenvalue weighted by Gasteiger charge is 2.20. The van der Waals surface area contributed by atoms with E-state index in [-0.39, 0.29) is 0 Å². The lowest BCUT2D eigenvalue weighted by atomic mass is 9.94. The van der Waals surface area contributed by atoms with Crippen LogP contribution >= 0.6 is 11.6 Å². The smallest absolute Gasteiger partial charge is 0.0351 e. The fourth-order valence-corrected chi connectivity index (χ4v) is 2.89. The molecule has 0 bridgehead atoms. The normalized spacial score (nSPS) is 17.5. The van der Waals surface area contributed by atoms with Gasteiger partial charge in [-0.05, 0) is 24.5 Å². The Morgan fingerprint density at radius 1 is 1.29 bits per heavy atom. The van der Waals surface area contributed by atoms with E-state index < -0.39 is 0 Å². The van der Waals surface area contributed by atoms with Gasteiger partial charge in [0.15, 0.2) is 0 Å². The molecule has 1 fully saturated rings. The first kappa shape index (κ1) is 12.8. The summed E-state index contributed by atoms with van der Waals surface area (Å²) in [6.45, 7) is 1.98. The van der Waals surface area contributed by atoms with E-state index in [1.165, 1.54) is 37.7 Å². The standard InChI is InChI=1S/C14H21ClN2/c15-8-10-17(14-6-2-1-3-7-14)12-13-5-4-9-16-11-13/h4-5,9,11,14H,1-3,6-8,10,12H2. The van der Waals surface area contributed by atoms with E-state index in [1.807, 2.05) is 18.5 Å². The molecule has 0 aromatic carbocycles. The van der Waals surface area contributed by atoms with Crippen LogP contribution in [0.2, 0.25) is 0 Å². The monoisotopic (exact) mass is 252 g/mol. The molecular weight excluding hydrogens is 232 g/mol. The third kappa shape index (κ3) is 3.97. The lowest BCUT2D eigenvalue weighted by Gasteiger charge is -2.33. The van der Waals surface area contributed by atoms with Gasteiger partial charge < -0.3 is 0 Å². The molecule has 1 saturated carbocycles. The van der Waals surface area contributed by atoms with Crippen molar-refractivity contribution in [1.82, 2.24) is 9.88 Å². The summed E-state index contributed by atoms with van der Waals surface area (Å²) < 4.78 is 0. The third-order valence-electron chi connectivity index (χ3n) is 3.57. The third-order valence-corrected chi connectivity index (χ3v) is 3.74. The van der Waals surface area contributed by atoms with Crippen molar-refractivity contribution in [2.24, 2.45) is 0 Å². The topological polar surface area (TPSA) is 16.1 Å². The van der Waals surface area contributed by atoms with Crippen LogP contribution in [0.25, 0.3) is 0 Å². The highest BCUT2D eigenvalue weighted by atomic mass is 35.5. The SMILES string of the molecule is ClCCN(Cc1cccnc1)C1CCCCC1. The van der Waals surface area contributed by atoms with Gasteiger partial charge in [-0.3, -0.25) is 9.88 Å². The largest absolute Gasteiger partial charge is 0.295 e. The second-order valence-corrected chi connectivity index (χ2v) is 5.19. The summed E-state index contributed by atoms with van der Waals surface area (Å²) in [6, 6.07) is 4.88. The summed E-state index contributed by atoms with van der Waals surface area (Å²) in [5.41, 5.74) is 1.29. The lowest BCUT2D eigenvalue weighted by Crippen LogP contribution is -2.37. The number of hydrogen-bond donors (Lipinski definition) is 0. The van der Waals surface area contributed by atoms with E-state index in [2.05, 4.69) is 16.0 Å². The van der Waals surface area contributed by atoms with E-state index in [0.717, 1.165) is 25.0 Å². The van der Waals surface area contributed by atoms with Crippen molar-refractivity contribution in [1.29, 1.82) is 0 Å². The number of pyridine rings is 1. The van der Waals surface area contributed by atoms with Gasteiger partial charge in [0.05, 0.1) is 0 Å². The van der Waals surface area contributed by atoms with Crippen molar-refractivity contribution >= 4 is 11.6 Å². The molecule has 1 heterocycles. The molecule has 0 atom stereocenters. The van der Waals surface area contributed by atoms with Crippen LogP contribution in [-0.4, -0.2) is 28.4 Å². The maximum atomic E-state index is 5.92. The van der Waals surface area contributed by atoms with Crippen molar-refractivity contribution in [2.45, 2.75) is 44.7 Å². The van der Waals surface area contributed by atoms with Gasteiger partial charge >= 0.3 is 0 Å². The van der Waals surface area contributed by atoms with Crippen LogP contribution in [-0.2, 0) is 6.54 Å². The van der Waals surface area contributed by atoms with Gasteiger partial charge in [-0.25, -0.2) is 0 Å². The molecule has 1 aromatic heterocycles. The average Bonchev–Trinajstić information content (AvgIpc) is 2.40. The minimum absolute atomic E-state index is 0.719. The summed E-state index contributed by atoms with van der Waals surface area (Å²) in [4.78, 5) is 6.71. The van der Waals surface area contributed by atoms with Crippen LogP contribution in [0.4, 0.5) is 0 Å². The quantitative estimate of drug-likeness (QED) is 0.747. The Balaban J connectivity index is 1.96. The van der Waals surface area contributed by atoms with Gasteiger partial charge in [0, 0.05) is 37.4 Å². The lowest BCUT2D eigenvalue weighted by molar-refractivity contribution is 0.157. The summed E-state index contributed by atoms with van der Waals surface area (Å²) in [7, 11) is 0. The molecule has 2 nitrogen and oxygen atoms in total. The zero-order valence-corrected chi connectivity index (χ0v) is 11.1. The van der Waals surface area contributed by atoms with Gasteiger partial charge in [0.2, 0.25) is 0 Å². The predicted molar refractivity (Wildman–Crippen MR) is 72.2 cm³/mol. The molecule has 0 saturated heterocycles. The Kier molecular flexibility index (Phi) is 5.27. The van der Waals surface area contributed by atoms with Gasteiger partial charge in [-0.2, -0.15) is 0 Å². The molecule has 94 valence electrons. The Labute approximate surface area is 109 Å². The highest BCUT2D eigenvalue weighted by Crippen LogP contribution is 2.23. The van der Waals surface area contributed by atoms with Gasteiger partial charge in [0.1, 0.15) is 0 Å². The molecule has 0 spiro atoms. The number of hydrogen-bond acceptors (Lipinski definition) is 2. The Morgan fingerprint density at radius 2 is 2.12 bits per heavy atom. The van der Waals surface area contributed by atoms with Crippen LogP contribution in [0.3, 0.4) is 0 Å². The highest BCUT2D eigenvalue weighted by molar-refractivity contribution is 6.18. The number of aromatic nitrogens is 1. The van der Waals surface area contributed by atoms with Gasteiger partial charge in [0.25, 0.3) is 0 Å². The van der Waals surface area contributed by atoms with Crippen molar-refractivity contribution < 1.29 is 0 Å². The van der Waals surface area contributed by atoms with Crippen molar-refractivity contribution in [3.8, 4) is 0 Å². The molecular formula is C14H21ClN2. The van der Waals surface area contributed by atoms with Crippen molar-refractivity contribution in [3.63, 3.8) is 0 Å². The van der Waals surface area contributed by atoms with E-state index >= 15 is 0 Å². The summed E-state index contributed by atoms with van der Waals surface area (Å²) >= 11 is 5.92. The van der Waals surface area contributed by atoms with E-state index in [0.29, 0.717) is 0 Å². The number of halogens is 1. The zero-order valence-electron chi connectivity index (χ0n) is 10.3. The molecule has 1 aliphatic rings. The Hall–Kier alpha value is -0.600. The second-order valence-electron chi connectivity index (χ2n) is 4.81. The molecule has 0 radical (unpaired) electrons. The van der Waals surface area contributed by atoms with Crippen LogP contribution < -0.4 is 0 Å². The molecule has 1 aliphatic carbocycles. The first-order chi connectivity index (χ1) is 8.40. The fraction of sp³-hybridized carbons (Fsp3) is 0.643. The summed E-state index contributed by atoms with van der Waals surface area (Å²) in [5.74, 6) is 0.719. The van der Waals surface area contributed by atoms with E-state index in [4.69, 9.17) is 11.6 Å². The van der Waals surface area contributed by atoms with Crippen LogP contribution in [0.1, 0.15) is 37.7 Å². The molecule has 17 heavy (non-hydrogen) atoms. The van der Waals surface area contributed by atoms with Crippen LogP contribution in [0.15, 0.2) is 24.5 Å². The first-order valence-corrected chi connectivity index (χ1v) is 7.12. The van der Waals surface area contributed by atoms with Crippen LogP contribution in [0, 0.1) is 0 Å². The molecule has 1 aromatic rings. The summed E-state index contributed by atoms with van der Waals surface area (Å²) in [6.07, 6.45) is 10.6. The maximum absolute atomic E-state index is 5.92. The molecule has 0 amide bonds. The number of alkyl halides is 1. The van der Waals surface area contributed by atoms with E-state index in [1.54, 1.807) is 0 Å². The molecule has 0 unspecified atom stereocenters. The minimum Gasteiger partial charge on any atom is -0.295 e. The van der Waals surface area contributed by atoms with Gasteiger partial charge in [-0.1, -0.05) is 25.3 Å². The summed E-state index contributed by atoms with van der Waals surface area (Å²) in [5, 5.41) is 0. The van der Waals surface area contributed by atoms with E-state index in [9.17, 15) is 0 Å². The van der Waals surface area contributed by atoms with Crippen molar-refractivity contribution in [3.05, 3.63) is 30.1 Å². The van der Waals surface area contributed by atoms with Gasteiger partial charge in [-0.15, -0.1) is 11.6 Å². The Morgan fingerprint density at radius 3 is 2.76 bits per heavy atom. The number of rotatable bonds is 5. The molecule has 0 N–H and O–H groups in total. The average molecular weight is 253 g/mol. The van der Waals surface area contributed by atoms with Crippen molar-refractivity contribution in [2.75, 3.05) is 12.4 Å². The van der Waals surface area contributed by atoms with Crippen LogP contribution in [0.5, 0.6) is 0 Å².